The lowest BCUT2D eigenvalue weighted by atomic mass is 10.2. The van der Waals surface area contributed by atoms with Crippen molar-refractivity contribution in [1.82, 2.24) is 15.4 Å². The van der Waals surface area contributed by atoms with Gasteiger partial charge in [0.2, 0.25) is 0 Å². The number of amides is 2. The molecule has 0 saturated carbocycles. The van der Waals surface area contributed by atoms with Crippen molar-refractivity contribution < 1.29 is 29.0 Å². The van der Waals surface area contributed by atoms with Crippen LogP contribution in [0.15, 0.2) is 48.7 Å². The third-order valence-corrected chi connectivity index (χ3v) is 6.28. The van der Waals surface area contributed by atoms with Crippen LogP contribution >= 0.6 is 0 Å². The van der Waals surface area contributed by atoms with Gasteiger partial charge in [-0.15, -0.1) is 0 Å². The quantitative estimate of drug-likeness (QED) is 0.401. The van der Waals surface area contributed by atoms with E-state index < -0.39 is 18.3 Å². The molecule has 0 bridgehead atoms. The highest BCUT2D eigenvalue weighted by Crippen LogP contribution is 2.26. The van der Waals surface area contributed by atoms with Crippen LogP contribution in [-0.4, -0.2) is 66.1 Å². The van der Waals surface area contributed by atoms with Gasteiger partial charge in [0.05, 0.1) is 13.2 Å². The van der Waals surface area contributed by atoms with E-state index in [9.17, 15) is 14.7 Å². The highest BCUT2D eigenvalue weighted by molar-refractivity contribution is 5.91. The van der Waals surface area contributed by atoms with E-state index in [1.165, 1.54) is 11.0 Å². The zero-order chi connectivity index (χ0) is 25.3. The van der Waals surface area contributed by atoms with E-state index in [1.54, 1.807) is 31.5 Å². The molecule has 3 heterocycles. The van der Waals surface area contributed by atoms with Gasteiger partial charge < -0.3 is 14.6 Å². The van der Waals surface area contributed by atoms with Gasteiger partial charge in [0.25, 0.3) is 5.91 Å². The van der Waals surface area contributed by atoms with Crippen molar-refractivity contribution in [3.63, 3.8) is 0 Å². The third-order valence-electron chi connectivity index (χ3n) is 6.28. The minimum atomic E-state index is -1.05. The van der Waals surface area contributed by atoms with Crippen molar-refractivity contribution >= 4 is 23.9 Å². The smallest absolute Gasteiger partial charge is 0.413 e. The summed E-state index contributed by atoms with van der Waals surface area (Å²) < 4.78 is 10.8. The van der Waals surface area contributed by atoms with Crippen LogP contribution in [0.3, 0.4) is 0 Å². The number of carbonyl (C=O) groups excluding carboxylic acids is 1. The molecule has 0 aliphatic carbocycles. The van der Waals surface area contributed by atoms with Crippen LogP contribution in [0.5, 0.6) is 5.75 Å². The number of pyridine rings is 1. The number of benzene rings is 1. The van der Waals surface area contributed by atoms with Gasteiger partial charge in [-0.2, -0.15) is 0 Å². The molecule has 2 fully saturated rings. The number of hydroxylamine groups is 1. The first-order valence-corrected chi connectivity index (χ1v) is 12.1. The first kappa shape index (κ1) is 25.6. The first-order chi connectivity index (χ1) is 17.5. The van der Waals surface area contributed by atoms with Gasteiger partial charge in [-0.3, -0.25) is 14.6 Å². The molecule has 1 aromatic heterocycles. The van der Waals surface area contributed by atoms with Crippen LogP contribution in [0.1, 0.15) is 36.8 Å². The molecular weight excluding hydrogens is 464 g/mol. The summed E-state index contributed by atoms with van der Waals surface area (Å²) in [6.45, 7) is 2.68. The Kier molecular flexibility index (Phi) is 8.88. The van der Waals surface area contributed by atoms with Crippen molar-refractivity contribution in [1.29, 1.82) is 0 Å². The number of rotatable bonds is 9. The van der Waals surface area contributed by atoms with Crippen molar-refractivity contribution in [2.45, 2.75) is 44.6 Å². The van der Waals surface area contributed by atoms with Crippen LogP contribution in [0.25, 0.3) is 6.08 Å². The number of anilines is 1. The number of methoxy groups -OCH3 is 1. The second-order valence-electron chi connectivity index (χ2n) is 8.81. The monoisotopic (exact) mass is 496 g/mol. The molecule has 2 amide bonds. The maximum Gasteiger partial charge on any atom is 0.413 e. The van der Waals surface area contributed by atoms with E-state index in [4.69, 9.17) is 14.3 Å². The molecule has 0 spiro atoms. The molecule has 2 aromatic rings. The number of hydrogen-bond donors (Lipinski definition) is 2. The summed E-state index contributed by atoms with van der Waals surface area (Å²) in [6.07, 6.45) is 6.46. The number of carbonyl (C=O) groups is 2. The van der Waals surface area contributed by atoms with Crippen LogP contribution in [0.2, 0.25) is 0 Å². The summed E-state index contributed by atoms with van der Waals surface area (Å²) >= 11 is 0. The van der Waals surface area contributed by atoms with E-state index in [0.29, 0.717) is 37.5 Å². The number of carboxylic acid groups (broad SMARTS) is 1. The molecule has 0 radical (unpaired) electrons. The van der Waals surface area contributed by atoms with Crippen molar-refractivity contribution in [3.05, 3.63) is 59.8 Å². The van der Waals surface area contributed by atoms with Gasteiger partial charge in [0, 0.05) is 50.5 Å². The summed E-state index contributed by atoms with van der Waals surface area (Å²) in [4.78, 5) is 37.3. The first-order valence-electron chi connectivity index (χ1n) is 12.1. The topological polar surface area (TPSA) is 113 Å². The summed E-state index contributed by atoms with van der Waals surface area (Å²) in [5, 5.41) is 9.91. The van der Waals surface area contributed by atoms with Gasteiger partial charge in [-0.05, 0) is 49.1 Å². The lowest BCUT2D eigenvalue weighted by Gasteiger charge is -2.25. The predicted molar refractivity (Wildman–Crippen MR) is 133 cm³/mol. The Balaban J connectivity index is 1.32. The fraction of sp³-hybridized carbons (Fsp3) is 0.423. The Hall–Kier alpha value is -3.47. The van der Waals surface area contributed by atoms with Crippen LogP contribution < -0.4 is 15.1 Å². The molecule has 10 heteroatoms. The molecule has 4 rings (SSSR count). The number of para-hydroxylation sites is 1. The Bertz CT molecular complexity index is 1050. The zero-order valence-corrected chi connectivity index (χ0v) is 20.3. The lowest BCUT2D eigenvalue weighted by molar-refractivity contribution is -0.198. The number of ether oxygens (including phenoxy) is 2. The molecule has 192 valence electrons. The Morgan fingerprint density at radius 1 is 1.25 bits per heavy atom. The summed E-state index contributed by atoms with van der Waals surface area (Å²) in [5.74, 6) is 0.761. The fourth-order valence-electron chi connectivity index (χ4n) is 4.45. The standard InChI is InChI=1S/C26H32N4O6/c1-34-22-7-3-2-6-20(22)17-29-14-13-21(18-29)30(26(32)33)23-11-9-19(16-27-23)10-12-24(31)28-36-25-8-4-5-15-35-25/h2-3,6-7,9-12,16,21,25H,4-5,8,13-15,17-18H2,1H3,(H,28,31)(H,32,33)/b12-10+/t21-,25?/m1/s1. The zero-order valence-electron chi connectivity index (χ0n) is 20.3. The Morgan fingerprint density at radius 3 is 2.83 bits per heavy atom. The molecule has 2 N–H and O–H groups in total. The van der Waals surface area contributed by atoms with Crippen molar-refractivity contribution in [2.75, 3.05) is 31.7 Å². The predicted octanol–water partition coefficient (Wildman–Crippen LogP) is 3.44. The van der Waals surface area contributed by atoms with E-state index in [2.05, 4.69) is 15.4 Å². The summed E-state index contributed by atoms with van der Waals surface area (Å²) in [5.41, 5.74) is 4.09. The number of nitrogens with zero attached hydrogens (tertiary/aromatic N) is 3. The van der Waals surface area contributed by atoms with Gasteiger partial charge in [-0.25, -0.2) is 20.1 Å². The van der Waals surface area contributed by atoms with Gasteiger partial charge in [-0.1, -0.05) is 18.2 Å². The maximum atomic E-state index is 12.1. The minimum Gasteiger partial charge on any atom is -0.496 e. The Morgan fingerprint density at radius 2 is 2.11 bits per heavy atom. The molecule has 2 atom stereocenters. The molecule has 2 aliphatic heterocycles. The molecule has 2 saturated heterocycles. The Labute approximate surface area is 210 Å². The second-order valence-corrected chi connectivity index (χ2v) is 8.81. The lowest BCUT2D eigenvalue weighted by Crippen LogP contribution is -2.41. The van der Waals surface area contributed by atoms with E-state index in [1.807, 2.05) is 24.3 Å². The molecule has 1 unspecified atom stereocenters. The highest BCUT2D eigenvalue weighted by atomic mass is 16.8. The number of hydrogen-bond acceptors (Lipinski definition) is 7. The summed E-state index contributed by atoms with van der Waals surface area (Å²) in [7, 11) is 1.65. The molecule has 2 aliphatic rings. The molecular formula is C26H32N4O6. The second kappa shape index (κ2) is 12.5. The normalized spacial score (nSPS) is 20.4. The van der Waals surface area contributed by atoms with E-state index in [-0.39, 0.29) is 6.04 Å². The van der Waals surface area contributed by atoms with Gasteiger partial charge >= 0.3 is 6.09 Å². The number of nitrogens with one attached hydrogen (secondary N) is 1. The van der Waals surface area contributed by atoms with Gasteiger partial charge in [0.15, 0.2) is 6.29 Å². The molecule has 1 aromatic carbocycles. The van der Waals surface area contributed by atoms with Crippen molar-refractivity contribution in [3.8, 4) is 5.75 Å². The molecule has 10 nitrogen and oxygen atoms in total. The largest absolute Gasteiger partial charge is 0.496 e. The van der Waals surface area contributed by atoms with Crippen molar-refractivity contribution in [2.24, 2.45) is 0 Å². The highest BCUT2D eigenvalue weighted by Gasteiger charge is 2.32. The van der Waals surface area contributed by atoms with Crippen LogP contribution in [0.4, 0.5) is 10.6 Å². The fourth-order valence-corrected chi connectivity index (χ4v) is 4.45. The van der Waals surface area contributed by atoms with E-state index >= 15 is 0 Å². The third kappa shape index (κ3) is 6.81. The van der Waals surface area contributed by atoms with Gasteiger partial charge in [0.1, 0.15) is 11.6 Å². The SMILES string of the molecule is COc1ccccc1CN1CC[C@@H](N(C(=O)O)c2ccc(/C=C/C(=O)NOC3CCCCO3)cn2)C1. The van der Waals surface area contributed by atoms with Crippen LogP contribution in [0, 0.1) is 0 Å². The minimum absolute atomic E-state index is 0.212. The maximum absolute atomic E-state index is 12.1. The molecule has 36 heavy (non-hydrogen) atoms. The number of aromatic nitrogens is 1. The number of likely N-dealkylation sites (tertiary alicyclic amines) is 1. The summed E-state index contributed by atoms with van der Waals surface area (Å²) in [6, 6.07) is 11.0. The average Bonchev–Trinajstić information content (AvgIpc) is 3.35. The average molecular weight is 497 g/mol. The van der Waals surface area contributed by atoms with E-state index in [0.717, 1.165) is 37.1 Å². The van der Waals surface area contributed by atoms with Crippen LogP contribution in [-0.2, 0) is 20.9 Å².